The Kier molecular flexibility index (Phi) is 2.02. The molecular weight excluding hydrogens is 162 g/mol. The molecule has 1 aliphatic heterocycles. The summed E-state index contributed by atoms with van der Waals surface area (Å²) in [6.07, 6.45) is 2.18. The van der Waals surface area contributed by atoms with E-state index in [9.17, 15) is 0 Å². The summed E-state index contributed by atoms with van der Waals surface area (Å²) in [5.41, 5.74) is 1.18. The third-order valence-corrected chi connectivity index (χ3v) is 2.66. The average molecular weight is 179 g/mol. The fourth-order valence-electron chi connectivity index (χ4n) is 1.98. The lowest BCUT2D eigenvalue weighted by Gasteiger charge is -2.27. The molecule has 2 atom stereocenters. The van der Waals surface area contributed by atoms with Crippen LogP contribution in [0.3, 0.4) is 0 Å². The van der Waals surface area contributed by atoms with Gasteiger partial charge in [-0.2, -0.15) is 5.10 Å². The maximum atomic E-state index is 4.54. The van der Waals surface area contributed by atoms with Crippen LogP contribution in [0, 0.1) is 0 Å². The molecule has 0 fully saturated rings. The standard InChI is InChI=1S/C10H17N3/c1-4-9-6-10-11-7(2)5-8(3)13(10)12-9/h6-8,11H,4-5H2,1-3H3. The molecule has 3 nitrogen and oxygen atoms in total. The van der Waals surface area contributed by atoms with Gasteiger partial charge in [0.1, 0.15) is 5.82 Å². The highest BCUT2D eigenvalue weighted by molar-refractivity contribution is 5.40. The van der Waals surface area contributed by atoms with E-state index in [1.165, 1.54) is 11.5 Å². The summed E-state index contributed by atoms with van der Waals surface area (Å²) in [7, 11) is 0. The highest BCUT2D eigenvalue weighted by Gasteiger charge is 2.21. The van der Waals surface area contributed by atoms with Gasteiger partial charge >= 0.3 is 0 Å². The van der Waals surface area contributed by atoms with E-state index in [-0.39, 0.29) is 0 Å². The Morgan fingerprint density at radius 3 is 3.08 bits per heavy atom. The third-order valence-electron chi connectivity index (χ3n) is 2.66. The van der Waals surface area contributed by atoms with Crippen molar-refractivity contribution in [1.82, 2.24) is 9.78 Å². The molecule has 0 aliphatic carbocycles. The number of hydrogen-bond donors (Lipinski definition) is 1. The van der Waals surface area contributed by atoms with Gasteiger partial charge in [0.25, 0.3) is 0 Å². The summed E-state index contributed by atoms with van der Waals surface area (Å²) in [6.45, 7) is 6.59. The van der Waals surface area contributed by atoms with E-state index in [1.807, 2.05) is 0 Å². The summed E-state index contributed by atoms with van der Waals surface area (Å²) in [5.74, 6) is 1.18. The number of nitrogens with zero attached hydrogens (tertiary/aromatic N) is 2. The Morgan fingerprint density at radius 2 is 2.38 bits per heavy atom. The van der Waals surface area contributed by atoms with Crippen molar-refractivity contribution >= 4 is 5.82 Å². The van der Waals surface area contributed by atoms with Gasteiger partial charge < -0.3 is 5.32 Å². The van der Waals surface area contributed by atoms with Gasteiger partial charge in [-0.15, -0.1) is 0 Å². The van der Waals surface area contributed by atoms with E-state index >= 15 is 0 Å². The zero-order chi connectivity index (χ0) is 9.42. The smallest absolute Gasteiger partial charge is 0.125 e. The van der Waals surface area contributed by atoms with Crippen LogP contribution in [0.15, 0.2) is 6.07 Å². The molecule has 0 aromatic carbocycles. The Labute approximate surface area is 79.1 Å². The van der Waals surface area contributed by atoms with Crippen molar-refractivity contribution in [2.24, 2.45) is 0 Å². The summed E-state index contributed by atoms with van der Waals surface area (Å²) in [5, 5.41) is 7.98. The number of hydrogen-bond acceptors (Lipinski definition) is 2. The van der Waals surface area contributed by atoms with Crippen molar-refractivity contribution in [1.29, 1.82) is 0 Å². The molecule has 0 amide bonds. The van der Waals surface area contributed by atoms with Crippen LogP contribution in [-0.4, -0.2) is 15.8 Å². The second-order valence-electron chi connectivity index (χ2n) is 3.95. The molecule has 0 saturated carbocycles. The van der Waals surface area contributed by atoms with E-state index in [4.69, 9.17) is 0 Å². The van der Waals surface area contributed by atoms with Crippen molar-refractivity contribution < 1.29 is 0 Å². The second kappa shape index (κ2) is 3.05. The zero-order valence-corrected chi connectivity index (χ0v) is 8.54. The van der Waals surface area contributed by atoms with Gasteiger partial charge in [0, 0.05) is 12.1 Å². The van der Waals surface area contributed by atoms with Gasteiger partial charge in [0.05, 0.1) is 11.7 Å². The molecule has 1 aromatic rings. The molecule has 1 aliphatic rings. The lowest BCUT2D eigenvalue weighted by atomic mass is 10.1. The predicted octanol–water partition coefficient (Wildman–Crippen LogP) is 2.21. The zero-order valence-electron chi connectivity index (χ0n) is 8.54. The minimum atomic E-state index is 0.534. The highest BCUT2D eigenvalue weighted by atomic mass is 15.4. The first-order chi connectivity index (χ1) is 6.20. The van der Waals surface area contributed by atoms with Crippen LogP contribution in [0.4, 0.5) is 5.82 Å². The van der Waals surface area contributed by atoms with E-state index < -0.39 is 0 Å². The van der Waals surface area contributed by atoms with E-state index in [1.54, 1.807) is 0 Å². The summed E-state index contributed by atoms with van der Waals surface area (Å²) < 4.78 is 2.11. The van der Waals surface area contributed by atoms with Crippen LogP contribution >= 0.6 is 0 Å². The van der Waals surface area contributed by atoms with Crippen LogP contribution in [-0.2, 0) is 6.42 Å². The Morgan fingerprint density at radius 1 is 1.62 bits per heavy atom. The molecule has 2 heterocycles. The van der Waals surface area contributed by atoms with E-state index in [0.717, 1.165) is 12.8 Å². The second-order valence-corrected chi connectivity index (χ2v) is 3.95. The third kappa shape index (κ3) is 1.43. The summed E-state index contributed by atoms with van der Waals surface area (Å²) in [4.78, 5) is 0. The fraction of sp³-hybridized carbons (Fsp3) is 0.700. The summed E-state index contributed by atoms with van der Waals surface area (Å²) >= 11 is 0. The quantitative estimate of drug-likeness (QED) is 0.716. The number of nitrogens with one attached hydrogen (secondary N) is 1. The first-order valence-electron chi connectivity index (χ1n) is 5.05. The van der Waals surface area contributed by atoms with Gasteiger partial charge in [-0.1, -0.05) is 6.92 Å². The molecular formula is C10H17N3. The first-order valence-corrected chi connectivity index (χ1v) is 5.05. The fourth-order valence-corrected chi connectivity index (χ4v) is 1.98. The number of aromatic nitrogens is 2. The van der Waals surface area contributed by atoms with Gasteiger partial charge in [-0.05, 0) is 26.7 Å². The number of aryl methyl sites for hydroxylation is 1. The molecule has 1 aromatic heterocycles. The largest absolute Gasteiger partial charge is 0.368 e. The maximum Gasteiger partial charge on any atom is 0.125 e. The molecule has 1 N–H and O–H groups in total. The van der Waals surface area contributed by atoms with Crippen molar-refractivity contribution in [3.05, 3.63) is 11.8 Å². The molecule has 13 heavy (non-hydrogen) atoms. The SMILES string of the molecule is CCc1cc2n(n1)C(C)CC(C)N2. The van der Waals surface area contributed by atoms with Crippen LogP contribution in [0.1, 0.15) is 38.9 Å². The molecule has 0 bridgehead atoms. The minimum Gasteiger partial charge on any atom is -0.368 e. The Hall–Kier alpha value is -0.990. The molecule has 2 rings (SSSR count). The molecule has 2 unspecified atom stereocenters. The van der Waals surface area contributed by atoms with Crippen molar-refractivity contribution in [3.63, 3.8) is 0 Å². The Bertz CT molecular complexity index is 303. The summed E-state index contributed by atoms with van der Waals surface area (Å²) in [6, 6.07) is 3.27. The first kappa shape index (κ1) is 8.60. The molecule has 72 valence electrons. The normalized spacial score (nSPS) is 26.7. The number of rotatable bonds is 1. The number of anilines is 1. The monoisotopic (exact) mass is 179 g/mol. The van der Waals surface area contributed by atoms with E-state index in [2.05, 4.69) is 41.9 Å². The minimum absolute atomic E-state index is 0.534. The molecule has 0 spiro atoms. The predicted molar refractivity (Wildman–Crippen MR) is 54.0 cm³/mol. The lowest BCUT2D eigenvalue weighted by Crippen LogP contribution is -2.28. The number of fused-ring (bicyclic) bond motifs is 1. The van der Waals surface area contributed by atoms with Gasteiger partial charge in [-0.3, -0.25) is 0 Å². The van der Waals surface area contributed by atoms with Crippen LogP contribution in [0.5, 0.6) is 0 Å². The topological polar surface area (TPSA) is 29.9 Å². The lowest BCUT2D eigenvalue weighted by molar-refractivity contribution is 0.412. The van der Waals surface area contributed by atoms with Crippen molar-refractivity contribution in [3.8, 4) is 0 Å². The highest BCUT2D eigenvalue weighted by Crippen LogP contribution is 2.26. The van der Waals surface area contributed by atoms with Crippen LogP contribution in [0.25, 0.3) is 0 Å². The molecule has 3 heteroatoms. The average Bonchev–Trinajstić information content (AvgIpc) is 2.47. The van der Waals surface area contributed by atoms with Gasteiger partial charge in [0.2, 0.25) is 0 Å². The van der Waals surface area contributed by atoms with Gasteiger partial charge in [0.15, 0.2) is 0 Å². The maximum absolute atomic E-state index is 4.54. The molecule has 0 radical (unpaired) electrons. The van der Waals surface area contributed by atoms with Crippen molar-refractivity contribution in [2.75, 3.05) is 5.32 Å². The van der Waals surface area contributed by atoms with Crippen LogP contribution in [0.2, 0.25) is 0 Å². The van der Waals surface area contributed by atoms with Crippen LogP contribution < -0.4 is 5.32 Å². The Balaban J connectivity index is 2.35. The van der Waals surface area contributed by atoms with E-state index in [0.29, 0.717) is 12.1 Å². The van der Waals surface area contributed by atoms with Crippen molar-refractivity contribution in [2.45, 2.75) is 45.7 Å². The molecule has 0 saturated heterocycles. The van der Waals surface area contributed by atoms with Gasteiger partial charge in [-0.25, -0.2) is 4.68 Å².